The van der Waals surface area contributed by atoms with E-state index >= 15 is 0 Å². The number of aryl methyl sites for hydroxylation is 1. The van der Waals surface area contributed by atoms with Crippen LogP contribution in [0.2, 0.25) is 5.02 Å². The van der Waals surface area contributed by atoms with E-state index in [1.54, 1.807) is 41.3 Å². The van der Waals surface area contributed by atoms with Crippen molar-refractivity contribution < 1.29 is 19.1 Å². The van der Waals surface area contributed by atoms with Crippen LogP contribution in [0.3, 0.4) is 0 Å². The Morgan fingerprint density at radius 2 is 1.91 bits per heavy atom. The van der Waals surface area contributed by atoms with E-state index in [2.05, 4.69) is 10.6 Å². The lowest BCUT2D eigenvalue weighted by molar-refractivity contribution is -0.126. The molecule has 0 saturated carbocycles. The van der Waals surface area contributed by atoms with Gasteiger partial charge in [0.15, 0.2) is 6.61 Å². The van der Waals surface area contributed by atoms with E-state index in [-0.39, 0.29) is 36.7 Å². The largest absolute Gasteiger partial charge is 0.484 e. The number of rotatable bonds is 8. The zero-order chi connectivity index (χ0) is 23.3. The lowest BCUT2D eigenvalue weighted by Gasteiger charge is -2.17. The van der Waals surface area contributed by atoms with E-state index in [0.29, 0.717) is 41.2 Å². The summed E-state index contributed by atoms with van der Waals surface area (Å²) >= 11 is 5.97. The summed E-state index contributed by atoms with van der Waals surface area (Å²) in [7, 11) is 0. The average molecular weight is 458 g/mol. The SMILES string of the molecule is Cc1ccc(Cl)cc1NC(=O)COc1ccc(N2C[C@H](C(=O)NCC(C)C)CC2=O)cc1. The Bertz CT molecular complexity index is 991. The van der Waals surface area contributed by atoms with E-state index in [1.165, 1.54) is 0 Å². The van der Waals surface area contributed by atoms with Crippen LogP contribution in [0.15, 0.2) is 42.5 Å². The number of benzene rings is 2. The van der Waals surface area contributed by atoms with Crippen LogP contribution in [0.25, 0.3) is 0 Å². The maximum Gasteiger partial charge on any atom is 0.262 e. The molecule has 8 heteroatoms. The predicted molar refractivity (Wildman–Crippen MR) is 125 cm³/mol. The Balaban J connectivity index is 1.52. The third kappa shape index (κ3) is 6.23. The monoisotopic (exact) mass is 457 g/mol. The van der Waals surface area contributed by atoms with Crippen LogP contribution in [0.5, 0.6) is 5.75 Å². The first-order chi connectivity index (χ1) is 15.2. The first kappa shape index (κ1) is 23.6. The predicted octanol–water partition coefficient (Wildman–Crippen LogP) is 3.79. The standard InChI is InChI=1S/C24H28ClN3O4/c1-15(2)12-26-24(31)17-10-23(30)28(13-17)19-6-8-20(9-7-19)32-14-22(29)27-21-11-18(25)5-4-16(21)3/h4-9,11,15,17H,10,12-14H2,1-3H3,(H,26,31)(H,27,29)/t17-/m1/s1. The third-order valence-corrected chi connectivity index (χ3v) is 5.41. The van der Waals surface area contributed by atoms with Crippen molar-refractivity contribution in [3.05, 3.63) is 53.1 Å². The Morgan fingerprint density at radius 1 is 1.19 bits per heavy atom. The number of hydrogen-bond acceptors (Lipinski definition) is 4. The number of anilines is 2. The summed E-state index contributed by atoms with van der Waals surface area (Å²) in [5.74, 6) is 0.0382. The molecule has 3 rings (SSSR count). The van der Waals surface area contributed by atoms with Crippen molar-refractivity contribution in [2.24, 2.45) is 11.8 Å². The van der Waals surface area contributed by atoms with E-state index in [4.69, 9.17) is 16.3 Å². The second kappa shape index (κ2) is 10.5. The summed E-state index contributed by atoms with van der Waals surface area (Å²) < 4.78 is 5.56. The van der Waals surface area contributed by atoms with Gasteiger partial charge in [0, 0.05) is 35.9 Å². The van der Waals surface area contributed by atoms with Crippen LogP contribution < -0.4 is 20.3 Å². The highest BCUT2D eigenvalue weighted by Gasteiger charge is 2.35. The van der Waals surface area contributed by atoms with Gasteiger partial charge in [0.1, 0.15) is 5.75 Å². The molecule has 1 fully saturated rings. The molecular weight excluding hydrogens is 430 g/mol. The molecule has 0 unspecified atom stereocenters. The van der Waals surface area contributed by atoms with Gasteiger partial charge in [0.25, 0.3) is 5.91 Å². The van der Waals surface area contributed by atoms with Crippen molar-refractivity contribution >= 4 is 40.7 Å². The fourth-order valence-electron chi connectivity index (χ4n) is 3.37. The van der Waals surface area contributed by atoms with Gasteiger partial charge in [-0.3, -0.25) is 14.4 Å². The quantitative estimate of drug-likeness (QED) is 0.631. The summed E-state index contributed by atoms with van der Waals surface area (Å²) in [6.45, 7) is 6.72. The highest BCUT2D eigenvalue weighted by Crippen LogP contribution is 2.27. The topological polar surface area (TPSA) is 87.7 Å². The second-order valence-corrected chi connectivity index (χ2v) is 8.77. The van der Waals surface area contributed by atoms with Crippen molar-refractivity contribution in [1.82, 2.24) is 5.32 Å². The number of hydrogen-bond donors (Lipinski definition) is 2. The molecule has 0 bridgehead atoms. The summed E-state index contributed by atoms with van der Waals surface area (Å²) in [5, 5.41) is 6.21. The minimum atomic E-state index is -0.351. The fourth-order valence-corrected chi connectivity index (χ4v) is 3.54. The molecule has 2 aromatic rings. The third-order valence-electron chi connectivity index (χ3n) is 5.17. The fraction of sp³-hybridized carbons (Fsp3) is 0.375. The van der Waals surface area contributed by atoms with Gasteiger partial charge < -0.3 is 20.3 Å². The van der Waals surface area contributed by atoms with Crippen LogP contribution in [0.1, 0.15) is 25.8 Å². The van der Waals surface area contributed by atoms with Crippen molar-refractivity contribution in [1.29, 1.82) is 0 Å². The summed E-state index contributed by atoms with van der Waals surface area (Å²) in [6.07, 6.45) is 0.200. The zero-order valence-electron chi connectivity index (χ0n) is 18.5. The lowest BCUT2D eigenvalue weighted by atomic mass is 10.1. The smallest absolute Gasteiger partial charge is 0.262 e. The Kier molecular flexibility index (Phi) is 7.75. The Morgan fingerprint density at radius 3 is 2.59 bits per heavy atom. The molecule has 2 N–H and O–H groups in total. The first-order valence-corrected chi connectivity index (χ1v) is 11.0. The van der Waals surface area contributed by atoms with E-state index in [0.717, 1.165) is 5.56 Å². The van der Waals surface area contributed by atoms with Gasteiger partial charge in [-0.1, -0.05) is 31.5 Å². The van der Waals surface area contributed by atoms with Crippen LogP contribution in [0, 0.1) is 18.8 Å². The van der Waals surface area contributed by atoms with Gasteiger partial charge in [-0.05, 0) is 54.8 Å². The number of carbonyl (C=O) groups is 3. The summed E-state index contributed by atoms with van der Waals surface area (Å²) in [6, 6.07) is 12.2. The van der Waals surface area contributed by atoms with Gasteiger partial charge in [-0.25, -0.2) is 0 Å². The molecule has 2 aromatic carbocycles. The van der Waals surface area contributed by atoms with Gasteiger partial charge in [-0.15, -0.1) is 0 Å². The maximum atomic E-state index is 12.4. The van der Waals surface area contributed by atoms with Gasteiger partial charge >= 0.3 is 0 Å². The molecule has 7 nitrogen and oxygen atoms in total. The van der Waals surface area contributed by atoms with E-state index in [9.17, 15) is 14.4 Å². The highest BCUT2D eigenvalue weighted by atomic mass is 35.5. The molecule has 0 aromatic heterocycles. The molecule has 170 valence electrons. The molecule has 3 amide bonds. The summed E-state index contributed by atoms with van der Waals surface area (Å²) in [4.78, 5) is 38.5. The van der Waals surface area contributed by atoms with Crippen molar-refractivity contribution in [2.75, 3.05) is 29.9 Å². The molecular formula is C24H28ClN3O4. The minimum Gasteiger partial charge on any atom is -0.484 e. The second-order valence-electron chi connectivity index (χ2n) is 8.33. The molecule has 1 aliphatic rings. The first-order valence-electron chi connectivity index (χ1n) is 10.6. The lowest BCUT2D eigenvalue weighted by Crippen LogP contribution is -2.35. The zero-order valence-corrected chi connectivity index (χ0v) is 19.2. The maximum absolute atomic E-state index is 12.4. The van der Waals surface area contributed by atoms with Crippen LogP contribution >= 0.6 is 11.6 Å². The van der Waals surface area contributed by atoms with Crippen LogP contribution in [-0.4, -0.2) is 37.4 Å². The average Bonchev–Trinajstić information content (AvgIpc) is 3.15. The molecule has 1 saturated heterocycles. The van der Waals surface area contributed by atoms with Crippen LogP contribution in [-0.2, 0) is 14.4 Å². The normalized spacial score (nSPS) is 15.7. The van der Waals surface area contributed by atoms with Gasteiger partial charge in [0.2, 0.25) is 11.8 Å². The molecule has 1 heterocycles. The highest BCUT2D eigenvalue weighted by molar-refractivity contribution is 6.31. The van der Waals surface area contributed by atoms with E-state index in [1.807, 2.05) is 26.8 Å². The molecule has 1 aliphatic heterocycles. The Labute approximate surface area is 193 Å². The number of amides is 3. The number of nitrogens with zero attached hydrogens (tertiary/aromatic N) is 1. The number of ether oxygens (including phenoxy) is 1. The molecule has 1 atom stereocenters. The molecule has 0 aliphatic carbocycles. The number of nitrogens with one attached hydrogen (secondary N) is 2. The molecule has 0 radical (unpaired) electrons. The number of carbonyl (C=O) groups excluding carboxylic acids is 3. The molecule has 0 spiro atoms. The van der Waals surface area contributed by atoms with E-state index < -0.39 is 0 Å². The van der Waals surface area contributed by atoms with Gasteiger partial charge in [-0.2, -0.15) is 0 Å². The van der Waals surface area contributed by atoms with Crippen LogP contribution in [0.4, 0.5) is 11.4 Å². The van der Waals surface area contributed by atoms with Crippen molar-refractivity contribution in [2.45, 2.75) is 27.2 Å². The van der Waals surface area contributed by atoms with Crippen molar-refractivity contribution in [3.8, 4) is 5.75 Å². The van der Waals surface area contributed by atoms with Gasteiger partial charge in [0.05, 0.1) is 5.92 Å². The number of halogens is 1. The molecule has 32 heavy (non-hydrogen) atoms. The Hall–Kier alpha value is -3.06. The van der Waals surface area contributed by atoms with Crippen molar-refractivity contribution in [3.63, 3.8) is 0 Å². The summed E-state index contributed by atoms with van der Waals surface area (Å²) in [5.41, 5.74) is 2.24. The minimum absolute atomic E-state index is 0.0837.